The minimum atomic E-state index is -0.0499. The summed E-state index contributed by atoms with van der Waals surface area (Å²) in [6, 6.07) is 7.67. The molecule has 1 N–H and O–H groups in total. The topological polar surface area (TPSA) is 67.8 Å². The third kappa shape index (κ3) is 5.15. The van der Waals surface area contributed by atoms with Crippen molar-refractivity contribution >= 4 is 17.7 Å². The summed E-state index contributed by atoms with van der Waals surface area (Å²) in [7, 11) is 0. The highest BCUT2D eigenvalue weighted by molar-refractivity contribution is 7.99. The number of pyridine rings is 1. The van der Waals surface area contributed by atoms with Crippen LogP contribution < -0.4 is 5.32 Å². The van der Waals surface area contributed by atoms with Gasteiger partial charge < -0.3 is 5.32 Å². The number of carbonyl (C=O) groups excluding carboxylic acids is 1. The predicted molar refractivity (Wildman–Crippen MR) is 83.1 cm³/mol. The fraction of sp³-hybridized carbons (Fsp3) is 0.333. The zero-order chi connectivity index (χ0) is 15.2. The van der Waals surface area contributed by atoms with Crippen LogP contribution in [0.2, 0.25) is 0 Å². The summed E-state index contributed by atoms with van der Waals surface area (Å²) < 4.78 is 0. The standard InChI is InChI=1S/C15H18N4OS/c1-10-5-4-6-13(17-10)8-16-14(20)9-21-15-18-11(2)7-12(3)19-15/h4-7H,8-9H2,1-3H3,(H,16,20). The van der Waals surface area contributed by atoms with Gasteiger partial charge in [-0.05, 0) is 39.0 Å². The van der Waals surface area contributed by atoms with Crippen molar-refractivity contribution in [1.82, 2.24) is 20.3 Å². The highest BCUT2D eigenvalue weighted by Gasteiger charge is 2.06. The van der Waals surface area contributed by atoms with Gasteiger partial charge in [0, 0.05) is 17.1 Å². The molecule has 110 valence electrons. The average Bonchev–Trinajstić information content (AvgIpc) is 2.42. The predicted octanol–water partition coefficient (Wildman–Crippen LogP) is 2.21. The molecule has 0 bridgehead atoms. The largest absolute Gasteiger partial charge is 0.350 e. The fourth-order valence-corrected chi connectivity index (χ4v) is 2.61. The van der Waals surface area contributed by atoms with E-state index in [1.165, 1.54) is 11.8 Å². The average molecular weight is 302 g/mol. The lowest BCUT2D eigenvalue weighted by Gasteiger charge is -2.05. The first-order valence-electron chi connectivity index (χ1n) is 6.67. The Labute approximate surface area is 128 Å². The van der Waals surface area contributed by atoms with Gasteiger partial charge in [-0.2, -0.15) is 0 Å². The second-order valence-electron chi connectivity index (χ2n) is 4.77. The Balaban J connectivity index is 1.82. The molecule has 2 aromatic rings. The fourth-order valence-electron chi connectivity index (χ4n) is 1.83. The summed E-state index contributed by atoms with van der Waals surface area (Å²) in [5, 5.41) is 3.48. The second kappa shape index (κ2) is 7.17. The molecule has 0 aromatic carbocycles. The van der Waals surface area contributed by atoms with Crippen LogP contribution in [-0.4, -0.2) is 26.6 Å². The highest BCUT2D eigenvalue weighted by atomic mass is 32.2. The lowest BCUT2D eigenvalue weighted by atomic mass is 10.3. The number of nitrogens with one attached hydrogen (secondary N) is 1. The molecule has 6 heteroatoms. The summed E-state index contributed by atoms with van der Waals surface area (Å²) in [6.45, 7) is 6.21. The number of hydrogen-bond donors (Lipinski definition) is 1. The summed E-state index contributed by atoms with van der Waals surface area (Å²) >= 11 is 1.34. The lowest BCUT2D eigenvalue weighted by Crippen LogP contribution is -2.25. The van der Waals surface area contributed by atoms with Gasteiger partial charge in [-0.25, -0.2) is 9.97 Å². The molecular formula is C15H18N4OS. The molecule has 0 atom stereocenters. The molecule has 21 heavy (non-hydrogen) atoms. The Hall–Kier alpha value is -1.95. The van der Waals surface area contributed by atoms with Gasteiger partial charge in [-0.15, -0.1) is 0 Å². The molecule has 0 aliphatic rings. The summed E-state index contributed by atoms with van der Waals surface area (Å²) in [5.74, 6) is 0.250. The van der Waals surface area contributed by atoms with E-state index in [-0.39, 0.29) is 5.91 Å². The van der Waals surface area contributed by atoms with E-state index in [1.807, 2.05) is 45.0 Å². The maximum absolute atomic E-state index is 11.8. The Kier molecular flexibility index (Phi) is 5.27. The van der Waals surface area contributed by atoms with E-state index < -0.39 is 0 Å². The Morgan fingerprint density at radius 3 is 2.48 bits per heavy atom. The number of hydrogen-bond acceptors (Lipinski definition) is 5. The van der Waals surface area contributed by atoms with Crippen molar-refractivity contribution in [1.29, 1.82) is 0 Å². The van der Waals surface area contributed by atoms with Crippen molar-refractivity contribution in [2.45, 2.75) is 32.5 Å². The first-order chi connectivity index (χ1) is 10.0. The van der Waals surface area contributed by atoms with Crippen molar-refractivity contribution in [2.75, 3.05) is 5.75 Å². The molecule has 0 fully saturated rings. The van der Waals surface area contributed by atoms with Crippen LogP contribution in [0.25, 0.3) is 0 Å². The zero-order valence-electron chi connectivity index (χ0n) is 12.4. The molecule has 0 saturated carbocycles. The van der Waals surface area contributed by atoms with Crippen LogP contribution in [0, 0.1) is 20.8 Å². The Morgan fingerprint density at radius 1 is 1.10 bits per heavy atom. The number of rotatable bonds is 5. The van der Waals surface area contributed by atoms with Gasteiger partial charge in [0.05, 0.1) is 18.0 Å². The molecule has 2 aromatic heterocycles. The Morgan fingerprint density at radius 2 is 1.81 bits per heavy atom. The van der Waals surface area contributed by atoms with Crippen molar-refractivity contribution in [3.05, 3.63) is 47.0 Å². The molecule has 5 nitrogen and oxygen atoms in total. The molecule has 0 radical (unpaired) electrons. The SMILES string of the molecule is Cc1cccc(CNC(=O)CSc2nc(C)cc(C)n2)n1. The molecule has 0 spiro atoms. The molecular weight excluding hydrogens is 284 g/mol. The quantitative estimate of drug-likeness (QED) is 0.677. The zero-order valence-corrected chi connectivity index (χ0v) is 13.2. The second-order valence-corrected chi connectivity index (χ2v) is 5.71. The maximum atomic E-state index is 11.8. The van der Waals surface area contributed by atoms with E-state index in [4.69, 9.17) is 0 Å². The maximum Gasteiger partial charge on any atom is 0.230 e. The van der Waals surface area contributed by atoms with E-state index in [0.29, 0.717) is 17.5 Å². The number of carbonyl (C=O) groups is 1. The van der Waals surface area contributed by atoms with Crippen LogP contribution in [0.1, 0.15) is 22.8 Å². The number of thioether (sulfide) groups is 1. The van der Waals surface area contributed by atoms with Crippen LogP contribution >= 0.6 is 11.8 Å². The molecule has 2 rings (SSSR count). The molecule has 0 unspecified atom stereocenters. The molecule has 0 saturated heterocycles. The summed E-state index contributed by atoms with van der Waals surface area (Å²) in [6.07, 6.45) is 0. The van der Waals surface area contributed by atoms with Crippen LogP contribution in [0.5, 0.6) is 0 Å². The van der Waals surface area contributed by atoms with Crippen LogP contribution in [-0.2, 0) is 11.3 Å². The highest BCUT2D eigenvalue weighted by Crippen LogP contribution is 2.13. The summed E-state index contributed by atoms with van der Waals surface area (Å²) in [5.41, 5.74) is 3.62. The Bertz CT molecular complexity index is 625. The van der Waals surface area contributed by atoms with Gasteiger partial charge in [0.2, 0.25) is 5.91 Å². The van der Waals surface area contributed by atoms with Gasteiger partial charge in [0.1, 0.15) is 0 Å². The van der Waals surface area contributed by atoms with E-state index in [0.717, 1.165) is 22.8 Å². The van der Waals surface area contributed by atoms with E-state index in [9.17, 15) is 4.79 Å². The smallest absolute Gasteiger partial charge is 0.230 e. The first kappa shape index (κ1) is 15.4. The van der Waals surface area contributed by atoms with Crippen molar-refractivity contribution in [3.63, 3.8) is 0 Å². The van der Waals surface area contributed by atoms with Gasteiger partial charge in [-0.1, -0.05) is 17.8 Å². The molecule has 0 aliphatic heterocycles. The first-order valence-corrected chi connectivity index (χ1v) is 7.66. The third-order valence-electron chi connectivity index (χ3n) is 2.71. The normalized spacial score (nSPS) is 10.4. The number of amides is 1. The van der Waals surface area contributed by atoms with Crippen molar-refractivity contribution in [3.8, 4) is 0 Å². The monoisotopic (exact) mass is 302 g/mol. The minimum absolute atomic E-state index is 0.0499. The molecule has 2 heterocycles. The van der Waals surface area contributed by atoms with E-state index in [1.54, 1.807) is 0 Å². The van der Waals surface area contributed by atoms with Crippen LogP contribution in [0.15, 0.2) is 29.4 Å². The van der Waals surface area contributed by atoms with Crippen LogP contribution in [0.4, 0.5) is 0 Å². The van der Waals surface area contributed by atoms with Crippen LogP contribution in [0.3, 0.4) is 0 Å². The minimum Gasteiger partial charge on any atom is -0.350 e. The lowest BCUT2D eigenvalue weighted by molar-refractivity contribution is -0.118. The number of aromatic nitrogens is 3. The van der Waals surface area contributed by atoms with Crippen molar-refractivity contribution in [2.24, 2.45) is 0 Å². The van der Waals surface area contributed by atoms with E-state index >= 15 is 0 Å². The van der Waals surface area contributed by atoms with Gasteiger partial charge in [0.25, 0.3) is 0 Å². The van der Waals surface area contributed by atoms with Crippen molar-refractivity contribution < 1.29 is 4.79 Å². The summed E-state index contributed by atoms with van der Waals surface area (Å²) in [4.78, 5) is 24.8. The van der Waals surface area contributed by atoms with E-state index in [2.05, 4.69) is 20.3 Å². The molecule has 0 aliphatic carbocycles. The van der Waals surface area contributed by atoms with Gasteiger partial charge in [0.15, 0.2) is 5.16 Å². The number of aryl methyl sites for hydroxylation is 3. The van der Waals surface area contributed by atoms with Gasteiger partial charge >= 0.3 is 0 Å². The van der Waals surface area contributed by atoms with Gasteiger partial charge in [-0.3, -0.25) is 9.78 Å². The number of nitrogens with zero attached hydrogens (tertiary/aromatic N) is 3. The third-order valence-corrected chi connectivity index (χ3v) is 3.55. The molecule has 1 amide bonds.